The van der Waals surface area contributed by atoms with Crippen LogP contribution in [0.25, 0.3) is 0 Å². The Kier molecular flexibility index (Phi) is 3.91. The number of rotatable bonds is 2. The lowest BCUT2D eigenvalue weighted by Gasteiger charge is -2.04. The van der Waals surface area contributed by atoms with Crippen LogP contribution in [0, 0.1) is 5.82 Å². The van der Waals surface area contributed by atoms with Gasteiger partial charge in [-0.05, 0) is 36.4 Å². The monoisotopic (exact) mass is 302 g/mol. The van der Waals surface area contributed by atoms with E-state index >= 15 is 0 Å². The minimum Gasteiger partial charge on any atom is -0.288 e. The van der Waals surface area contributed by atoms with Gasteiger partial charge in [-0.1, -0.05) is 34.8 Å². The van der Waals surface area contributed by atoms with Gasteiger partial charge in [-0.3, -0.25) is 4.79 Å². The van der Waals surface area contributed by atoms with Gasteiger partial charge in [0.25, 0.3) is 0 Å². The van der Waals surface area contributed by atoms with Gasteiger partial charge in [-0.25, -0.2) is 4.39 Å². The molecular formula is C13H6Cl3FO. The molecule has 0 fully saturated rings. The van der Waals surface area contributed by atoms with Gasteiger partial charge < -0.3 is 0 Å². The molecule has 18 heavy (non-hydrogen) atoms. The van der Waals surface area contributed by atoms with Gasteiger partial charge >= 0.3 is 0 Å². The van der Waals surface area contributed by atoms with Crippen LogP contribution >= 0.6 is 34.8 Å². The third-order valence-corrected chi connectivity index (χ3v) is 3.33. The third-order valence-electron chi connectivity index (χ3n) is 2.35. The van der Waals surface area contributed by atoms with Crippen LogP contribution in [-0.4, -0.2) is 5.78 Å². The number of benzene rings is 2. The highest BCUT2D eigenvalue weighted by Gasteiger charge is 2.15. The molecule has 0 atom stereocenters. The predicted molar refractivity (Wildman–Crippen MR) is 71.3 cm³/mol. The smallest absolute Gasteiger partial charge is 0.196 e. The van der Waals surface area contributed by atoms with E-state index in [1.165, 1.54) is 30.3 Å². The Morgan fingerprint density at radius 1 is 0.944 bits per heavy atom. The molecule has 2 aromatic carbocycles. The van der Waals surface area contributed by atoms with Gasteiger partial charge in [0.2, 0.25) is 0 Å². The van der Waals surface area contributed by atoms with Crippen molar-refractivity contribution in [3.05, 3.63) is 68.4 Å². The molecule has 5 heteroatoms. The number of ketones is 1. The van der Waals surface area contributed by atoms with Crippen molar-refractivity contribution >= 4 is 40.6 Å². The standard InChI is InChI=1S/C13H6Cl3FO/c14-8-2-4-12(17)9(6-8)13(18)7-1-3-10(15)11(16)5-7/h1-6H. The Morgan fingerprint density at radius 3 is 2.33 bits per heavy atom. The van der Waals surface area contributed by atoms with Gasteiger partial charge in [0.05, 0.1) is 15.6 Å². The van der Waals surface area contributed by atoms with Gasteiger partial charge in [0.1, 0.15) is 5.82 Å². The first-order valence-electron chi connectivity index (χ1n) is 4.94. The molecule has 0 aromatic heterocycles. The molecule has 0 heterocycles. The summed E-state index contributed by atoms with van der Waals surface area (Å²) in [6.07, 6.45) is 0. The van der Waals surface area contributed by atoms with E-state index in [2.05, 4.69) is 0 Å². The number of halogens is 4. The average Bonchev–Trinajstić information content (AvgIpc) is 2.35. The molecule has 0 bridgehead atoms. The highest BCUT2D eigenvalue weighted by atomic mass is 35.5. The minimum absolute atomic E-state index is 0.0964. The van der Waals surface area contributed by atoms with Crippen LogP contribution in [0.5, 0.6) is 0 Å². The fourth-order valence-electron chi connectivity index (χ4n) is 1.46. The molecule has 0 aliphatic carbocycles. The van der Waals surface area contributed by atoms with Crippen LogP contribution in [-0.2, 0) is 0 Å². The van der Waals surface area contributed by atoms with Crippen molar-refractivity contribution in [1.29, 1.82) is 0 Å². The summed E-state index contributed by atoms with van der Waals surface area (Å²) in [7, 11) is 0. The Balaban J connectivity index is 2.47. The Labute approximate surface area is 118 Å². The highest BCUT2D eigenvalue weighted by molar-refractivity contribution is 6.42. The summed E-state index contributed by atoms with van der Waals surface area (Å²) >= 11 is 17.3. The molecule has 1 nitrogen and oxygen atoms in total. The molecule has 0 N–H and O–H groups in total. The topological polar surface area (TPSA) is 17.1 Å². The first-order valence-corrected chi connectivity index (χ1v) is 6.07. The van der Waals surface area contributed by atoms with E-state index in [-0.39, 0.29) is 16.1 Å². The van der Waals surface area contributed by atoms with Crippen LogP contribution < -0.4 is 0 Å². The van der Waals surface area contributed by atoms with Crippen LogP contribution in [0.3, 0.4) is 0 Å². The number of hydrogen-bond acceptors (Lipinski definition) is 1. The van der Waals surface area contributed by atoms with Crippen LogP contribution in [0.4, 0.5) is 4.39 Å². The predicted octanol–water partition coefficient (Wildman–Crippen LogP) is 5.02. The van der Waals surface area contributed by atoms with Crippen molar-refractivity contribution < 1.29 is 9.18 Å². The van der Waals surface area contributed by atoms with E-state index in [0.717, 1.165) is 6.07 Å². The molecule has 2 aromatic rings. The first kappa shape index (κ1) is 13.3. The summed E-state index contributed by atoms with van der Waals surface area (Å²) in [6.45, 7) is 0. The molecule has 0 aliphatic rings. The zero-order chi connectivity index (χ0) is 13.3. The zero-order valence-electron chi connectivity index (χ0n) is 8.88. The Hall–Kier alpha value is -1.09. The van der Waals surface area contributed by atoms with Gasteiger partial charge in [0.15, 0.2) is 5.78 Å². The summed E-state index contributed by atoms with van der Waals surface area (Å²) in [4.78, 5) is 12.1. The molecule has 0 amide bonds. The van der Waals surface area contributed by atoms with E-state index in [1.807, 2.05) is 0 Å². The van der Waals surface area contributed by atoms with E-state index in [1.54, 1.807) is 0 Å². The van der Waals surface area contributed by atoms with Gasteiger partial charge in [-0.2, -0.15) is 0 Å². The maximum atomic E-state index is 13.5. The Bertz CT molecular complexity index is 626. The van der Waals surface area contributed by atoms with Crippen molar-refractivity contribution in [3.8, 4) is 0 Å². The average molecular weight is 304 g/mol. The molecule has 2 rings (SSSR count). The number of carbonyl (C=O) groups is 1. The second-order valence-electron chi connectivity index (χ2n) is 3.58. The van der Waals surface area contributed by atoms with Crippen LogP contribution in [0.15, 0.2) is 36.4 Å². The minimum atomic E-state index is -0.629. The molecule has 0 aliphatic heterocycles. The zero-order valence-corrected chi connectivity index (χ0v) is 11.2. The lowest BCUT2D eigenvalue weighted by Crippen LogP contribution is -2.04. The van der Waals surface area contributed by atoms with Crippen molar-refractivity contribution in [2.45, 2.75) is 0 Å². The van der Waals surface area contributed by atoms with Crippen LogP contribution in [0.2, 0.25) is 15.1 Å². The van der Waals surface area contributed by atoms with E-state index in [4.69, 9.17) is 34.8 Å². The van der Waals surface area contributed by atoms with Crippen molar-refractivity contribution in [2.75, 3.05) is 0 Å². The summed E-state index contributed by atoms with van der Waals surface area (Å²) in [5.74, 6) is -1.12. The fourth-order valence-corrected chi connectivity index (χ4v) is 1.93. The summed E-state index contributed by atoms with van der Waals surface area (Å²) in [6, 6.07) is 8.17. The second-order valence-corrected chi connectivity index (χ2v) is 4.83. The SMILES string of the molecule is O=C(c1ccc(Cl)c(Cl)c1)c1cc(Cl)ccc1F. The number of carbonyl (C=O) groups excluding carboxylic acids is 1. The number of hydrogen-bond donors (Lipinski definition) is 0. The quantitative estimate of drug-likeness (QED) is 0.712. The summed E-state index contributed by atoms with van der Waals surface area (Å²) < 4.78 is 13.5. The summed E-state index contributed by atoms with van der Waals surface area (Å²) in [5.41, 5.74) is 0.159. The first-order chi connectivity index (χ1) is 8.49. The lowest BCUT2D eigenvalue weighted by atomic mass is 10.0. The second kappa shape index (κ2) is 5.27. The molecular weight excluding hydrogens is 297 g/mol. The highest BCUT2D eigenvalue weighted by Crippen LogP contribution is 2.25. The van der Waals surface area contributed by atoms with Crippen molar-refractivity contribution in [3.63, 3.8) is 0 Å². The molecule has 0 unspecified atom stereocenters. The maximum Gasteiger partial charge on any atom is 0.196 e. The van der Waals surface area contributed by atoms with E-state index < -0.39 is 11.6 Å². The third kappa shape index (κ3) is 2.66. The van der Waals surface area contributed by atoms with Gasteiger partial charge in [-0.15, -0.1) is 0 Å². The molecule has 0 spiro atoms. The largest absolute Gasteiger partial charge is 0.288 e. The van der Waals surface area contributed by atoms with Crippen molar-refractivity contribution in [1.82, 2.24) is 0 Å². The lowest BCUT2D eigenvalue weighted by molar-refractivity contribution is 0.103. The molecule has 92 valence electrons. The Morgan fingerprint density at radius 2 is 1.67 bits per heavy atom. The fraction of sp³-hybridized carbons (Fsp3) is 0. The molecule has 0 saturated heterocycles. The van der Waals surface area contributed by atoms with Gasteiger partial charge in [0, 0.05) is 10.6 Å². The molecule has 0 radical (unpaired) electrons. The van der Waals surface area contributed by atoms with E-state index in [9.17, 15) is 9.18 Å². The molecule has 0 saturated carbocycles. The van der Waals surface area contributed by atoms with Crippen molar-refractivity contribution in [2.24, 2.45) is 0 Å². The maximum absolute atomic E-state index is 13.5. The summed E-state index contributed by atoms with van der Waals surface area (Å²) in [5, 5.41) is 0.865. The normalized spacial score (nSPS) is 10.4. The van der Waals surface area contributed by atoms with E-state index in [0.29, 0.717) is 10.0 Å². The van der Waals surface area contributed by atoms with Crippen LogP contribution in [0.1, 0.15) is 15.9 Å².